The van der Waals surface area contributed by atoms with Crippen molar-refractivity contribution < 1.29 is 14.6 Å². The fourth-order valence-corrected chi connectivity index (χ4v) is 3.65. The summed E-state index contributed by atoms with van der Waals surface area (Å²) in [4.78, 5) is 19.1. The Morgan fingerprint density at radius 1 is 1.37 bits per heavy atom. The molecule has 0 aliphatic heterocycles. The van der Waals surface area contributed by atoms with Crippen molar-refractivity contribution in [2.24, 2.45) is 5.92 Å². The van der Waals surface area contributed by atoms with Crippen LogP contribution in [-0.2, 0) is 4.79 Å². The molecule has 0 spiro atoms. The van der Waals surface area contributed by atoms with Crippen molar-refractivity contribution in [1.82, 2.24) is 13.9 Å². The van der Waals surface area contributed by atoms with Crippen molar-refractivity contribution in [3.63, 3.8) is 0 Å². The normalized spacial score (nSPS) is 12.1. The fourth-order valence-electron chi connectivity index (χ4n) is 2.83. The molecule has 0 fully saturated rings. The summed E-state index contributed by atoms with van der Waals surface area (Å²) in [5, 5.41) is 14.1. The molecule has 0 unspecified atom stereocenters. The van der Waals surface area contributed by atoms with Crippen molar-refractivity contribution in [2.45, 2.75) is 26.3 Å². The largest absolute Gasteiger partial charge is 0.494 e. The number of carbonyl (C=O) groups excluding carboxylic acids is 1. The molecule has 160 valence electrons. The molecule has 0 radical (unpaired) electrons. The number of carbonyl (C=O) groups is 1. The van der Waals surface area contributed by atoms with Gasteiger partial charge in [-0.1, -0.05) is 37.6 Å². The topological polar surface area (TPSA) is 92.5 Å². The molecular formula is C20H24ClN5O3S. The van der Waals surface area contributed by atoms with Crippen molar-refractivity contribution in [2.75, 3.05) is 24.3 Å². The Hall–Kier alpha value is -2.78. The first-order chi connectivity index (χ1) is 14.2. The Balaban J connectivity index is 1.83. The third kappa shape index (κ3) is 5.22. The standard InChI is InChI=1S/C20H24ClN5O3S/c1-12(2)9-15(18(28)22-20-23-19(24-30-20)25(3)4)26-11-13(10-17(26)27)29-16-8-6-5-7-14(16)21/h5-8,10-12,15,27H,9H2,1-4H3,(H,22,23,24,28)/t15-/m0/s1. The molecule has 1 atom stereocenters. The summed E-state index contributed by atoms with van der Waals surface area (Å²) in [5.74, 6) is 1.21. The summed E-state index contributed by atoms with van der Waals surface area (Å²) in [6.07, 6.45) is 2.11. The highest BCUT2D eigenvalue weighted by molar-refractivity contribution is 7.10. The number of para-hydroxylation sites is 1. The van der Waals surface area contributed by atoms with E-state index in [0.717, 1.165) is 11.5 Å². The van der Waals surface area contributed by atoms with Crippen LogP contribution in [0.1, 0.15) is 26.3 Å². The Labute approximate surface area is 184 Å². The van der Waals surface area contributed by atoms with Crippen LogP contribution in [0.5, 0.6) is 17.4 Å². The molecule has 8 nitrogen and oxygen atoms in total. The minimum Gasteiger partial charge on any atom is -0.494 e. The van der Waals surface area contributed by atoms with E-state index in [-0.39, 0.29) is 17.7 Å². The Bertz CT molecular complexity index is 1020. The van der Waals surface area contributed by atoms with E-state index in [0.29, 0.717) is 34.0 Å². The van der Waals surface area contributed by atoms with E-state index in [1.807, 2.05) is 27.9 Å². The number of hydrogen-bond acceptors (Lipinski definition) is 7. The van der Waals surface area contributed by atoms with E-state index in [4.69, 9.17) is 16.3 Å². The molecule has 2 heterocycles. The molecule has 0 saturated carbocycles. The lowest BCUT2D eigenvalue weighted by Gasteiger charge is -2.20. The zero-order valence-electron chi connectivity index (χ0n) is 17.2. The minimum absolute atomic E-state index is 0.0795. The number of hydrogen-bond donors (Lipinski definition) is 2. The monoisotopic (exact) mass is 449 g/mol. The van der Waals surface area contributed by atoms with Gasteiger partial charge in [-0.25, -0.2) is 0 Å². The van der Waals surface area contributed by atoms with E-state index >= 15 is 0 Å². The minimum atomic E-state index is -0.652. The third-order valence-electron chi connectivity index (χ3n) is 4.25. The van der Waals surface area contributed by atoms with E-state index < -0.39 is 6.04 Å². The van der Waals surface area contributed by atoms with Gasteiger partial charge in [0.25, 0.3) is 0 Å². The smallest absolute Gasteiger partial charge is 0.249 e. The van der Waals surface area contributed by atoms with Gasteiger partial charge >= 0.3 is 0 Å². The van der Waals surface area contributed by atoms with Crippen molar-refractivity contribution in [1.29, 1.82) is 0 Å². The van der Waals surface area contributed by atoms with Gasteiger partial charge in [-0.05, 0) is 24.5 Å². The Morgan fingerprint density at radius 3 is 2.73 bits per heavy atom. The number of ether oxygens (including phenoxy) is 1. The molecule has 0 saturated heterocycles. The SMILES string of the molecule is CC(C)C[C@@H](C(=O)Nc1nc(N(C)C)ns1)n1cc(Oc2ccccc2Cl)cc1O. The summed E-state index contributed by atoms with van der Waals surface area (Å²) >= 11 is 7.25. The molecular weight excluding hydrogens is 426 g/mol. The van der Waals surface area contributed by atoms with Gasteiger partial charge in [0.1, 0.15) is 17.5 Å². The number of nitrogens with zero attached hydrogens (tertiary/aromatic N) is 4. The lowest BCUT2D eigenvalue weighted by Crippen LogP contribution is -2.26. The quantitative estimate of drug-likeness (QED) is 0.514. The average Bonchev–Trinajstić information content (AvgIpc) is 3.28. The number of rotatable bonds is 8. The fraction of sp³-hybridized carbons (Fsp3) is 0.350. The molecule has 0 aliphatic rings. The first-order valence-corrected chi connectivity index (χ1v) is 10.5. The first-order valence-electron chi connectivity index (χ1n) is 9.39. The molecule has 30 heavy (non-hydrogen) atoms. The zero-order chi connectivity index (χ0) is 21.8. The molecule has 0 bridgehead atoms. The number of halogens is 1. The van der Waals surface area contributed by atoms with E-state index in [1.165, 1.54) is 10.6 Å². The maximum Gasteiger partial charge on any atom is 0.249 e. The van der Waals surface area contributed by atoms with Crippen LogP contribution in [0.2, 0.25) is 5.02 Å². The summed E-state index contributed by atoms with van der Waals surface area (Å²) in [6, 6.07) is 7.85. The van der Waals surface area contributed by atoms with Crippen molar-refractivity contribution in [3.05, 3.63) is 41.6 Å². The van der Waals surface area contributed by atoms with Crippen molar-refractivity contribution in [3.8, 4) is 17.4 Å². The molecule has 1 amide bonds. The number of aromatic hydroxyl groups is 1. The lowest BCUT2D eigenvalue weighted by molar-refractivity contribution is -0.119. The van der Waals surface area contributed by atoms with E-state index in [1.54, 1.807) is 35.4 Å². The third-order valence-corrected chi connectivity index (χ3v) is 5.18. The van der Waals surface area contributed by atoms with Crippen LogP contribution in [0, 0.1) is 5.92 Å². The second-order valence-corrected chi connectivity index (χ2v) is 8.56. The second kappa shape index (κ2) is 9.36. The van der Waals surface area contributed by atoms with Gasteiger partial charge in [-0.2, -0.15) is 9.36 Å². The lowest BCUT2D eigenvalue weighted by atomic mass is 10.0. The van der Waals surface area contributed by atoms with Crippen LogP contribution in [0.25, 0.3) is 0 Å². The predicted molar refractivity (Wildman–Crippen MR) is 119 cm³/mol. The van der Waals surface area contributed by atoms with Gasteiger partial charge in [-0.15, -0.1) is 0 Å². The number of benzene rings is 1. The number of aromatic nitrogens is 3. The predicted octanol–water partition coefficient (Wildman–Crippen LogP) is 4.78. The Morgan fingerprint density at radius 2 is 2.10 bits per heavy atom. The van der Waals surface area contributed by atoms with Crippen LogP contribution < -0.4 is 15.0 Å². The first kappa shape index (κ1) is 21.9. The Kier molecular flexibility index (Phi) is 6.84. The van der Waals surface area contributed by atoms with Crippen LogP contribution >= 0.6 is 23.1 Å². The van der Waals surface area contributed by atoms with Gasteiger partial charge in [0.15, 0.2) is 5.88 Å². The molecule has 2 aromatic heterocycles. The number of amides is 1. The van der Waals surface area contributed by atoms with Gasteiger partial charge in [0.2, 0.25) is 17.0 Å². The number of anilines is 2. The average molecular weight is 450 g/mol. The molecule has 1 aromatic carbocycles. The van der Waals surface area contributed by atoms with E-state index in [9.17, 15) is 9.90 Å². The second-order valence-electron chi connectivity index (χ2n) is 7.40. The van der Waals surface area contributed by atoms with Crippen LogP contribution in [-0.4, -0.2) is 39.0 Å². The van der Waals surface area contributed by atoms with Gasteiger partial charge in [0.05, 0.1) is 11.2 Å². The maximum absolute atomic E-state index is 13.0. The van der Waals surface area contributed by atoms with Crippen LogP contribution in [0.4, 0.5) is 11.1 Å². The maximum atomic E-state index is 13.0. The molecule has 3 rings (SSSR count). The highest BCUT2D eigenvalue weighted by Gasteiger charge is 2.26. The molecule has 3 aromatic rings. The molecule has 0 aliphatic carbocycles. The number of nitrogens with one attached hydrogen (secondary N) is 1. The summed E-state index contributed by atoms with van der Waals surface area (Å²) in [7, 11) is 3.65. The molecule has 10 heteroatoms. The summed E-state index contributed by atoms with van der Waals surface area (Å²) in [6.45, 7) is 4.02. The highest BCUT2D eigenvalue weighted by Crippen LogP contribution is 2.35. The van der Waals surface area contributed by atoms with Gasteiger partial charge in [-0.3, -0.25) is 10.1 Å². The van der Waals surface area contributed by atoms with E-state index in [2.05, 4.69) is 14.7 Å². The van der Waals surface area contributed by atoms with Crippen LogP contribution in [0.15, 0.2) is 36.5 Å². The van der Waals surface area contributed by atoms with Crippen molar-refractivity contribution >= 4 is 40.1 Å². The van der Waals surface area contributed by atoms with Gasteiger partial charge in [0, 0.05) is 31.7 Å². The highest BCUT2D eigenvalue weighted by atomic mass is 35.5. The summed E-state index contributed by atoms with van der Waals surface area (Å²) < 4.78 is 11.5. The zero-order valence-corrected chi connectivity index (χ0v) is 18.7. The van der Waals surface area contributed by atoms with Gasteiger partial charge < -0.3 is 19.3 Å². The molecule has 2 N–H and O–H groups in total. The summed E-state index contributed by atoms with van der Waals surface area (Å²) in [5.41, 5.74) is 0. The van der Waals surface area contributed by atoms with Crippen LogP contribution in [0.3, 0.4) is 0 Å².